The van der Waals surface area contributed by atoms with E-state index < -0.39 is 10.0 Å². The molecule has 10 heteroatoms. The summed E-state index contributed by atoms with van der Waals surface area (Å²) >= 11 is 0. The summed E-state index contributed by atoms with van der Waals surface area (Å²) in [5.41, 5.74) is 1.43. The van der Waals surface area contributed by atoms with Crippen LogP contribution < -0.4 is 4.90 Å². The highest BCUT2D eigenvalue weighted by atomic mass is 32.2. The molecule has 0 spiro atoms. The van der Waals surface area contributed by atoms with Crippen molar-refractivity contribution in [3.05, 3.63) is 53.4 Å². The molecule has 0 N–H and O–H groups in total. The van der Waals surface area contributed by atoms with E-state index in [2.05, 4.69) is 20.6 Å². The van der Waals surface area contributed by atoms with Crippen molar-refractivity contribution in [2.75, 3.05) is 31.1 Å². The largest absolute Gasteiger partial charge is 0.352 e. The first-order chi connectivity index (χ1) is 12.6. The van der Waals surface area contributed by atoms with Gasteiger partial charge in [-0.25, -0.2) is 8.42 Å². The number of rotatable bonds is 4. The Morgan fingerprint density at radius 1 is 0.962 bits per heavy atom. The second-order valence-electron chi connectivity index (χ2n) is 5.86. The molecule has 4 rings (SSSR count). The van der Waals surface area contributed by atoms with Gasteiger partial charge in [-0.15, -0.1) is 14.8 Å². The van der Waals surface area contributed by atoms with Gasteiger partial charge in [0.05, 0.1) is 0 Å². The van der Waals surface area contributed by atoms with Gasteiger partial charge in [0.15, 0.2) is 11.5 Å². The monoisotopic (exact) mass is 371 g/mol. The van der Waals surface area contributed by atoms with Crippen LogP contribution in [0.4, 0.5) is 5.82 Å². The first kappa shape index (κ1) is 16.6. The Kier molecular flexibility index (Phi) is 4.35. The molecule has 134 valence electrons. The first-order valence-corrected chi connectivity index (χ1v) is 9.66. The molecule has 26 heavy (non-hydrogen) atoms. The van der Waals surface area contributed by atoms with E-state index >= 15 is 0 Å². The molecule has 0 saturated carbocycles. The molecule has 0 radical (unpaired) electrons. The average molecular weight is 371 g/mol. The minimum Gasteiger partial charge on any atom is -0.352 e. The molecule has 3 aromatic rings. The van der Waals surface area contributed by atoms with Gasteiger partial charge in [0, 0.05) is 31.6 Å². The van der Waals surface area contributed by atoms with Crippen molar-refractivity contribution in [2.45, 2.75) is 0 Å². The number of hydrogen-bond acceptors (Lipinski definition) is 7. The van der Waals surface area contributed by atoms with E-state index in [0.29, 0.717) is 31.8 Å². The van der Waals surface area contributed by atoms with Gasteiger partial charge in [0.1, 0.15) is 0 Å². The van der Waals surface area contributed by atoms with Crippen LogP contribution in [-0.2, 0) is 10.0 Å². The zero-order valence-electron chi connectivity index (χ0n) is 13.9. The highest BCUT2D eigenvalue weighted by Crippen LogP contribution is 2.16. The minimum absolute atomic E-state index is 0.400. The quantitative estimate of drug-likeness (QED) is 0.664. The van der Waals surface area contributed by atoms with Crippen molar-refractivity contribution >= 4 is 27.6 Å². The van der Waals surface area contributed by atoms with E-state index in [0.717, 1.165) is 11.4 Å². The van der Waals surface area contributed by atoms with Crippen LogP contribution in [0, 0.1) is 0 Å². The topological polar surface area (TPSA) is 96.6 Å². The van der Waals surface area contributed by atoms with Crippen molar-refractivity contribution < 1.29 is 8.42 Å². The lowest BCUT2D eigenvalue weighted by atomic mass is 10.2. The second kappa shape index (κ2) is 6.81. The maximum atomic E-state index is 12.5. The standard InChI is InChI=1S/C16H17N7O2S/c24-26(25,13-8-14-4-2-1-3-5-14)22-11-9-21(10-12-22)16-7-6-15-17-19-20-23(15)18-16/h1-8,13H,9-12H2/b13-8+. The molecule has 0 unspecified atom stereocenters. The summed E-state index contributed by atoms with van der Waals surface area (Å²) in [4.78, 5) is 2.02. The molecule has 0 atom stereocenters. The molecular weight excluding hydrogens is 354 g/mol. The first-order valence-electron chi connectivity index (χ1n) is 8.15. The summed E-state index contributed by atoms with van der Waals surface area (Å²) < 4.78 is 27.9. The fourth-order valence-electron chi connectivity index (χ4n) is 2.80. The Balaban J connectivity index is 1.43. The molecule has 3 heterocycles. The maximum Gasteiger partial charge on any atom is 0.236 e. The molecule has 1 fully saturated rings. The lowest BCUT2D eigenvalue weighted by molar-refractivity contribution is 0.388. The number of fused-ring (bicyclic) bond motifs is 1. The maximum absolute atomic E-state index is 12.5. The Morgan fingerprint density at radius 2 is 1.73 bits per heavy atom. The van der Waals surface area contributed by atoms with Crippen LogP contribution in [0.5, 0.6) is 0 Å². The van der Waals surface area contributed by atoms with Gasteiger partial charge in [0.2, 0.25) is 10.0 Å². The molecule has 1 aliphatic heterocycles. The zero-order valence-corrected chi connectivity index (χ0v) is 14.7. The SMILES string of the molecule is O=S(=O)(/C=C/c1ccccc1)N1CCN(c2ccc3nnnn3n2)CC1. The lowest BCUT2D eigenvalue weighted by Gasteiger charge is -2.33. The number of aromatic nitrogens is 5. The number of sulfonamides is 1. The van der Waals surface area contributed by atoms with E-state index in [1.54, 1.807) is 12.1 Å². The zero-order chi connectivity index (χ0) is 18.0. The third-order valence-electron chi connectivity index (χ3n) is 4.21. The van der Waals surface area contributed by atoms with E-state index in [-0.39, 0.29) is 0 Å². The molecule has 0 amide bonds. The van der Waals surface area contributed by atoms with Gasteiger partial charge in [-0.3, -0.25) is 0 Å². The summed E-state index contributed by atoms with van der Waals surface area (Å²) in [6.45, 7) is 1.91. The van der Waals surface area contributed by atoms with Gasteiger partial charge >= 0.3 is 0 Å². The molecule has 9 nitrogen and oxygen atoms in total. The van der Waals surface area contributed by atoms with Crippen molar-refractivity contribution in [3.8, 4) is 0 Å². The number of tetrazole rings is 1. The Hall–Kier alpha value is -2.85. The minimum atomic E-state index is -3.44. The number of anilines is 1. The highest BCUT2D eigenvalue weighted by molar-refractivity contribution is 7.92. The van der Waals surface area contributed by atoms with Gasteiger partial charge < -0.3 is 4.90 Å². The smallest absolute Gasteiger partial charge is 0.236 e. The number of piperazine rings is 1. The highest BCUT2D eigenvalue weighted by Gasteiger charge is 2.25. The Labute approximate surface area is 150 Å². The molecule has 2 aromatic heterocycles. The van der Waals surface area contributed by atoms with Crippen LogP contribution in [0.25, 0.3) is 11.7 Å². The fraction of sp³-hybridized carbons (Fsp3) is 0.250. The predicted octanol–water partition coefficient (Wildman–Crippen LogP) is 0.642. The summed E-state index contributed by atoms with van der Waals surface area (Å²) in [6.07, 6.45) is 1.62. The third kappa shape index (κ3) is 3.41. The normalized spacial score (nSPS) is 16.5. The Morgan fingerprint density at radius 3 is 2.50 bits per heavy atom. The summed E-state index contributed by atoms with van der Waals surface area (Å²) in [5, 5.41) is 16.8. The van der Waals surface area contributed by atoms with Crippen LogP contribution in [0.3, 0.4) is 0 Å². The number of hydrogen-bond donors (Lipinski definition) is 0. The third-order valence-corrected chi connectivity index (χ3v) is 5.77. The molecule has 0 aliphatic carbocycles. The van der Waals surface area contributed by atoms with Gasteiger partial charge in [0.25, 0.3) is 0 Å². The van der Waals surface area contributed by atoms with E-state index in [4.69, 9.17) is 0 Å². The molecule has 1 aliphatic rings. The molecule has 0 bridgehead atoms. The number of benzene rings is 1. The lowest BCUT2D eigenvalue weighted by Crippen LogP contribution is -2.48. The molecular formula is C16H17N7O2S. The van der Waals surface area contributed by atoms with Crippen LogP contribution in [0.15, 0.2) is 47.9 Å². The summed E-state index contributed by atoms with van der Waals surface area (Å²) in [5.74, 6) is 0.724. The van der Waals surface area contributed by atoms with Crippen molar-refractivity contribution in [2.24, 2.45) is 0 Å². The van der Waals surface area contributed by atoms with Gasteiger partial charge in [-0.05, 0) is 34.2 Å². The van der Waals surface area contributed by atoms with E-state index in [1.165, 1.54) is 14.3 Å². The molecule has 1 aromatic carbocycles. The van der Waals surface area contributed by atoms with E-state index in [9.17, 15) is 8.42 Å². The molecule has 1 saturated heterocycles. The number of nitrogens with zero attached hydrogens (tertiary/aromatic N) is 7. The summed E-state index contributed by atoms with van der Waals surface area (Å²) in [6, 6.07) is 13.0. The van der Waals surface area contributed by atoms with Crippen LogP contribution >= 0.6 is 0 Å². The van der Waals surface area contributed by atoms with Crippen LogP contribution in [-0.4, -0.2) is 64.2 Å². The van der Waals surface area contributed by atoms with Gasteiger partial charge in [-0.2, -0.15) is 4.31 Å². The average Bonchev–Trinajstić information content (AvgIpc) is 3.15. The van der Waals surface area contributed by atoms with Crippen molar-refractivity contribution in [1.29, 1.82) is 0 Å². The van der Waals surface area contributed by atoms with Crippen molar-refractivity contribution in [1.82, 2.24) is 29.6 Å². The summed E-state index contributed by atoms with van der Waals surface area (Å²) in [7, 11) is -3.44. The Bertz CT molecular complexity index is 1020. The van der Waals surface area contributed by atoms with Crippen molar-refractivity contribution in [3.63, 3.8) is 0 Å². The fourth-order valence-corrected chi connectivity index (χ4v) is 3.97. The van der Waals surface area contributed by atoms with Gasteiger partial charge in [-0.1, -0.05) is 30.3 Å². The van der Waals surface area contributed by atoms with Crippen LogP contribution in [0.1, 0.15) is 5.56 Å². The van der Waals surface area contributed by atoms with E-state index in [1.807, 2.05) is 41.3 Å². The second-order valence-corrected chi connectivity index (χ2v) is 7.68. The van der Waals surface area contributed by atoms with Crippen LogP contribution in [0.2, 0.25) is 0 Å². The predicted molar refractivity (Wildman–Crippen MR) is 96.8 cm³/mol.